The standard InChI is InChI=1S/C16H20N2O3S/c1-10(2)16-18-14(9-22-16)15(21)17-12(8-19)7-11-3-5-13(20)6-4-11/h3-6,9-10,12,19-20H,7-8H2,1-2H3,(H,17,21)/t12-/m0/s1. The van der Waals surface area contributed by atoms with Crippen LogP contribution in [0.4, 0.5) is 0 Å². The molecule has 0 aliphatic rings. The maximum absolute atomic E-state index is 12.2. The molecule has 6 heteroatoms. The third kappa shape index (κ3) is 4.29. The van der Waals surface area contributed by atoms with Crippen molar-refractivity contribution in [3.63, 3.8) is 0 Å². The fourth-order valence-electron chi connectivity index (χ4n) is 1.99. The van der Waals surface area contributed by atoms with Gasteiger partial charge >= 0.3 is 0 Å². The molecule has 0 saturated heterocycles. The van der Waals surface area contributed by atoms with Crippen LogP contribution in [0.5, 0.6) is 5.75 Å². The number of aromatic nitrogens is 1. The average Bonchev–Trinajstić information content (AvgIpc) is 2.99. The average molecular weight is 320 g/mol. The van der Waals surface area contributed by atoms with Crippen LogP contribution in [-0.2, 0) is 6.42 Å². The van der Waals surface area contributed by atoms with Crippen LogP contribution in [0.1, 0.15) is 40.8 Å². The lowest BCUT2D eigenvalue weighted by molar-refractivity contribution is 0.0912. The van der Waals surface area contributed by atoms with E-state index in [9.17, 15) is 15.0 Å². The van der Waals surface area contributed by atoms with Gasteiger partial charge in [-0.3, -0.25) is 4.79 Å². The van der Waals surface area contributed by atoms with Crippen molar-refractivity contribution in [1.82, 2.24) is 10.3 Å². The Bertz CT molecular complexity index is 623. The molecule has 1 heterocycles. The van der Waals surface area contributed by atoms with Gasteiger partial charge in [-0.2, -0.15) is 0 Å². The molecule has 0 fully saturated rings. The number of amides is 1. The largest absolute Gasteiger partial charge is 0.508 e. The van der Waals surface area contributed by atoms with Gasteiger partial charge in [-0.25, -0.2) is 4.98 Å². The van der Waals surface area contributed by atoms with Crippen molar-refractivity contribution in [3.8, 4) is 5.75 Å². The summed E-state index contributed by atoms with van der Waals surface area (Å²) in [7, 11) is 0. The molecule has 0 saturated carbocycles. The second-order valence-corrected chi connectivity index (χ2v) is 6.34. The van der Waals surface area contributed by atoms with Gasteiger partial charge in [-0.05, 0) is 24.1 Å². The van der Waals surface area contributed by atoms with E-state index in [1.54, 1.807) is 29.6 Å². The predicted octanol–water partition coefficient (Wildman–Crippen LogP) is 2.31. The quantitative estimate of drug-likeness (QED) is 0.763. The number of phenols is 1. The molecule has 1 atom stereocenters. The minimum absolute atomic E-state index is 0.159. The Balaban J connectivity index is 1.99. The molecule has 1 aromatic carbocycles. The lowest BCUT2D eigenvalue weighted by atomic mass is 10.1. The van der Waals surface area contributed by atoms with Crippen LogP contribution >= 0.6 is 11.3 Å². The molecule has 0 aliphatic heterocycles. The zero-order valence-electron chi connectivity index (χ0n) is 12.6. The van der Waals surface area contributed by atoms with Gasteiger partial charge in [0.1, 0.15) is 11.4 Å². The monoisotopic (exact) mass is 320 g/mol. The number of hydrogen-bond acceptors (Lipinski definition) is 5. The highest BCUT2D eigenvalue weighted by molar-refractivity contribution is 7.09. The zero-order chi connectivity index (χ0) is 16.1. The lowest BCUT2D eigenvalue weighted by Crippen LogP contribution is -2.39. The van der Waals surface area contributed by atoms with E-state index in [-0.39, 0.29) is 30.2 Å². The van der Waals surface area contributed by atoms with Gasteiger partial charge < -0.3 is 15.5 Å². The normalized spacial score (nSPS) is 12.4. The Morgan fingerprint density at radius 1 is 1.32 bits per heavy atom. The Labute approximate surface area is 133 Å². The Morgan fingerprint density at radius 2 is 2.00 bits per heavy atom. The molecule has 22 heavy (non-hydrogen) atoms. The van der Waals surface area contributed by atoms with E-state index in [0.29, 0.717) is 12.1 Å². The molecule has 118 valence electrons. The second kappa shape index (κ2) is 7.38. The van der Waals surface area contributed by atoms with Crippen molar-refractivity contribution in [2.24, 2.45) is 0 Å². The Kier molecular flexibility index (Phi) is 5.51. The van der Waals surface area contributed by atoms with E-state index in [2.05, 4.69) is 10.3 Å². The summed E-state index contributed by atoms with van der Waals surface area (Å²) in [5.74, 6) is 0.204. The van der Waals surface area contributed by atoms with Gasteiger partial charge in [0.15, 0.2) is 0 Å². The van der Waals surface area contributed by atoms with Crippen molar-refractivity contribution < 1.29 is 15.0 Å². The fourth-order valence-corrected chi connectivity index (χ4v) is 2.81. The number of rotatable bonds is 6. The summed E-state index contributed by atoms with van der Waals surface area (Å²) in [6.07, 6.45) is 0.490. The van der Waals surface area contributed by atoms with Gasteiger partial charge in [-0.15, -0.1) is 11.3 Å². The van der Waals surface area contributed by atoms with Crippen LogP contribution in [0.25, 0.3) is 0 Å². The third-order valence-corrected chi connectivity index (χ3v) is 4.37. The SMILES string of the molecule is CC(C)c1nc(C(=O)N[C@H](CO)Cc2ccc(O)cc2)cs1. The first-order chi connectivity index (χ1) is 10.5. The summed E-state index contributed by atoms with van der Waals surface area (Å²) in [4.78, 5) is 16.5. The van der Waals surface area contributed by atoms with E-state index in [1.807, 2.05) is 13.8 Å². The topological polar surface area (TPSA) is 82.5 Å². The first-order valence-corrected chi connectivity index (χ1v) is 8.02. The molecular weight excluding hydrogens is 300 g/mol. The number of nitrogens with one attached hydrogen (secondary N) is 1. The van der Waals surface area contributed by atoms with Crippen LogP contribution < -0.4 is 5.32 Å². The number of aromatic hydroxyl groups is 1. The number of carbonyl (C=O) groups excluding carboxylic acids is 1. The van der Waals surface area contributed by atoms with E-state index >= 15 is 0 Å². The first kappa shape index (κ1) is 16.5. The van der Waals surface area contributed by atoms with E-state index in [0.717, 1.165) is 10.6 Å². The summed E-state index contributed by atoms with van der Waals surface area (Å²) in [6, 6.07) is 6.32. The molecule has 0 aliphatic carbocycles. The molecule has 5 nitrogen and oxygen atoms in total. The molecule has 3 N–H and O–H groups in total. The molecule has 2 rings (SSSR count). The summed E-state index contributed by atoms with van der Waals surface area (Å²) in [6.45, 7) is 3.90. The van der Waals surface area contributed by atoms with Gasteiger partial charge in [0.2, 0.25) is 0 Å². The van der Waals surface area contributed by atoms with Gasteiger partial charge in [-0.1, -0.05) is 26.0 Å². The highest BCUT2D eigenvalue weighted by Crippen LogP contribution is 2.19. The van der Waals surface area contributed by atoms with Crippen molar-refractivity contribution in [1.29, 1.82) is 0 Å². The minimum Gasteiger partial charge on any atom is -0.508 e. The van der Waals surface area contributed by atoms with Crippen LogP contribution in [0.15, 0.2) is 29.6 Å². The molecule has 2 aromatic rings. The number of benzene rings is 1. The molecule has 1 aromatic heterocycles. The molecular formula is C16H20N2O3S. The maximum atomic E-state index is 12.2. The zero-order valence-corrected chi connectivity index (χ0v) is 13.4. The van der Waals surface area contributed by atoms with E-state index in [4.69, 9.17) is 0 Å². The molecule has 0 spiro atoms. The number of hydrogen-bond donors (Lipinski definition) is 3. The maximum Gasteiger partial charge on any atom is 0.271 e. The molecule has 1 amide bonds. The number of thiazole rings is 1. The van der Waals surface area contributed by atoms with Crippen LogP contribution in [0.3, 0.4) is 0 Å². The number of aliphatic hydroxyl groups excluding tert-OH is 1. The Hall–Kier alpha value is -1.92. The molecule has 0 bridgehead atoms. The predicted molar refractivity (Wildman–Crippen MR) is 86.4 cm³/mol. The Morgan fingerprint density at radius 3 is 2.55 bits per heavy atom. The molecule has 0 unspecified atom stereocenters. The lowest BCUT2D eigenvalue weighted by Gasteiger charge is -2.15. The number of phenolic OH excluding ortho intramolecular Hbond substituents is 1. The number of nitrogens with zero attached hydrogens (tertiary/aromatic N) is 1. The van der Waals surface area contributed by atoms with Crippen molar-refractivity contribution >= 4 is 17.2 Å². The highest BCUT2D eigenvalue weighted by atomic mass is 32.1. The van der Waals surface area contributed by atoms with Gasteiger partial charge in [0, 0.05) is 11.3 Å². The molecule has 0 radical (unpaired) electrons. The van der Waals surface area contributed by atoms with Gasteiger partial charge in [0.05, 0.1) is 17.7 Å². The van der Waals surface area contributed by atoms with Crippen LogP contribution in [0, 0.1) is 0 Å². The first-order valence-electron chi connectivity index (χ1n) is 7.14. The summed E-state index contributed by atoms with van der Waals surface area (Å²) < 4.78 is 0. The highest BCUT2D eigenvalue weighted by Gasteiger charge is 2.17. The second-order valence-electron chi connectivity index (χ2n) is 5.45. The van der Waals surface area contributed by atoms with Crippen molar-refractivity contribution in [2.75, 3.05) is 6.61 Å². The number of carbonyl (C=O) groups is 1. The minimum atomic E-state index is -0.388. The van der Waals surface area contributed by atoms with Crippen LogP contribution in [0.2, 0.25) is 0 Å². The smallest absolute Gasteiger partial charge is 0.271 e. The fraction of sp³-hybridized carbons (Fsp3) is 0.375. The summed E-state index contributed by atoms with van der Waals surface area (Å²) >= 11 is 1.46. The number of aliphatic hydroxyl groups is 1. The summed E-state index contributed by atoms with van der Waals surface area (Å²) in [5.41, 5.74) is 1.32. The van der Waals surface area contributed by atoms with Crippen LogP contribution in [-0.4, -0.2) is 33.8 Å². The third-order valence-electron chi connectivity index (χ3n) is 3.22. The van der Waals surface area contributed by atoms with Crippen molar-refractivity contribution in [3.05, 3.63) is 45.9 Å². The van der Waals surface area contributed by atoms with Gasteiger partial charge in [0.25, 0.3) is 5.91 Å². The summed E-state index contributed by atoms with van der Waals surface area (Å²) in [5, 5.41) is 24.2. The van der Waals surface area contributed by atoms with E-state index in [1.165, 1.54) is 11.3 Å². The van der Waals surface area contributed by atoms with Crippen molar-refractivity contribution in [2.45, 2.75) is 32.2 Å². The van der Waals surface area contributed by atoms with E-state index < -0.39 is 0 Å².